The van der Waals surface area contributed by atoms with Crippen molar-refractivity contribution in [2.24, 2.45) is 0 Å². The van der Waals surface area contributed by atoms with Crippen LogP contribution < -0.4 is 5.69 Å². The summed E-state index contributed by atoms with van der Waals surface area (Å²) >= 11 is 0. The maximum absolute atomic E-state index is 12.1. The van der Waals surface area contributed by atoms with Gasteiger partial charge in [0.15, 0.2) is 0 Å². The number of rotatable bonds is 2. The van der Waals surface area contributed by atoms with Crippen LogP contribution in [0.25, 0.3) is 0 Å². The number of aromatic nitrogens is 4. The number of aromatic amines is 1. The summed E-state index contributed by atoms with van der Waals surface area (Å²) in [6, 6.07) is -0.150. The van der Waals surface area contributed by atoms with Crippen LogP contribution in [-0.2, 0) is 0 Å². The van der Waals surface area contributed by atoms with Gasteiger partial charge in [0.05, 0.1) is 0 Å². The molecule has 0 radical (unpaired) electrons. The highest BCUT2D eigenvalue weighted by molar-refractivity contribution is 5.75. The van der Waals surface area contributed by atoms with Crippen molar-refractivity contribution in [2.75, 3.05) is 6.54 Å². The average molecular weight is 239 g/mol. The minimum absolute atomic E-state index is 0.227. The van der Waals surface area contributed by atoms with E-state index in [0.717, 1.165) is 30.4 Å². The lowest BCUT2D eigenvalue weighted by Crippen LogP contribution is -2.46. The van der Waals surface area contributed by atoms with E-state index >= 15 is 0 Å². The molecule has 1 aromatic heterocycles. The van der Waals surface area contributed by atoms with Crippen molar-refractivity contribution in [2.45, 2.75) is 45.1 Å². The largest absolute Gasteiger partial charge is 0.369 e. The maximum Gasteiger partial charge on any atom is 0.369 e. The van der Waals surface area contributed by atoms with Crippen LogP contribution >= 0.6 is 0 Å². The van der Waals surface area contributed by atoms with E-state index in [1.54, 1.807) is 4.90 Å². The summed E-state index contributed by atoms with van der Waals surface area (Å²) in [5.74, 6) is 0. The molecule has 0 spiro atoms. The summed E-state index contributed by atoms with van der Waals surface area (Å²) in [6.07, 6.45) is 5.52. The molecule has 1 N–H and O–H groups in total. The van der Waals surface area contributed by atoms with Crippen LogP contribution in [0.5, 0.6) is 0 Å². The van der Waals surface area contributed by atoms with Crippen molar-refractivity contribution in [1.29, 1.82) is 0 Å². The van der Waals surface area contributed by atoms with E-state index in [-0.39, 0.29) is 12.1 Å². The monoisotopic (exact) mass is 239 g/mol. The second-order valence-electron chi connectivity index (χ2n) is 4.28. The number of tetrazole rings is 1. The van der Waals surface area contributed by atoms with Crippen LogP contribution in [0.2, 0.25) is 0 Å². The third kappa shape index (κ3) is 2.37. The molecule has 17 heavy (non-hydrogen) atoms. The van der Waals surface area contributed by atoms with E-state index in [4.69, 9.17) is 0 Å². The third-order valence-electron chi connectivity index (χ3n) is 3.26. The number of hydrogen-bond acceptors (Lipinski definition) is 4. The minimum Gasteiger partial charge on any atom is -0.320 e. The maximum atomic E-state index is 12.1. The summed E-state index contributed by atoms with van der Waals surface area (Å²) in [5, 5.41) is 8.95. The Morgan fingerprint density at radius 1 is 1.47 bits per heavy atom. The predicted octanol–water partition coefficient (Wildman–Crippen LogP) is 0.589. The van der Waals surface area contributed by atoms with Gasteiger partial charge in [0.25, 0.3) is 0 Å². The van der Waals surface area contributed by atoms with Crippen LogP contribution in [0.15, 0.2) is 4.79 Å². The number of hydrogen-bond donors (Lipinski definition) is 1. The van der Waals surface area contributed by atoms with Crippen LogP contribution in [0, 0.1) is 0 Å². The molecule has 2 rings (SSSR count). The van der Waals surface area contributed by atoms with Gasteiger partial charge in [-0.1, -0.05) is 19.3 Å². The smallest absolute Gasteiger partial charge is 0.320 e. The van der Waals surface area contributed by atoms with Gasteiger partial charge < -0.3 is 4.90 Å². The Hall–Kier alpha value is -1.66. The first kappa shape index (κ1) is 11.8. The summed E-state index contributed by atoms with van der Waals surface area (Å²) < 4.78 is 0.790. The van der Waals surface area contributed by atoms with Gasteiger partial charge in [-0.25, -0.2) is 14.7 Å². The lowest BCUT2D eigenvalue weighted by atomic mass is 9.94. The molecule has 1 fully saturated rings. The van der Waals surface area contributed by atoms with Crippen LogP contribution in [0.1, 0.15) is 39.0 Å². The molecule has 0 atom stereocenters. The SMILES string of the molecule is CCN(C(=O)n1nn[nH]c1=O)C1CCCCC1. The molecule has 7 nitrogen and oxygen atoms in total. The zero-order valence-corrected chi connectivity index (χ0v) is 9.93. The van der Waals surface area contributed by atoms with Gasteiger partial charge in [-0.15, -0.1) is 4.68 Å². The van der Waals surface area contributed by atoms with Gasteiger partial charge in [0.2, 0.25) is 0 Å². The topological polar surface area (TPSA) is 83.9 Å². The van der Waals surface area contributed by atoms with Crippen molar-refractivity contribution < 1.29 is 4.79 Å². The molecule has 1 aromatic rings. The average Bonchev–Trinajstić information content (AvgIpc) is 2.77. The third-order valence-corrected chi connectivity index (χ3v) is 3.26. The Labute approximate surface area is 98.8 Å². The summed E-state index contributed by atoms with van der Waals surface area (Å²) in [4.78, 5) is 25.1. The predicted molar refractivity (Wildman–Crippen MR) is 60.7 cm³/mol. The standard InChI is InChI=1S/C10H17N5O2/c1-2-14(8-6-4-3-5-7-8)10(17)15-9(16)11-12-13-15/h8H,2-7H2,1H3,(H,11,13,16). The quantitative estimate of drug-likeness (QED) is 0.765. The van der Waals surface area contributed by atoms with Crippen LogP contribution in [0.3, 0.4) is 0 Å². The van der Waals surface area contributed by atoms with Gasteiger partial charge in [0.1, 0.15) is 0 Å². The summed E-state index contributed by atoms with van der Waals surface area (Å²) in [7, 11) is 0. The number of nitrogens with one attached hydrogen (secondary N) is 1. The van der Waals surface area contributed by atoms with Crippen molar-refractivity contribution >= 4 is 6.03 Å². The highest BCUT2D eigenvalue weighted by Gasteiger charge is 2.26. The second-order valence-corrected chi connectivity index (χ2v) is 4.28. The molecule has 1 heterocycles. The van der Waals surface area contributed by atoms with E-state index in [1.165, 1.54) is 6.42 Å². The van der Waals surface area contributed by atoms with E-state index in [0.29, 0.717) is 6.54 Å². The molecule has 1 amide bonds. The van der Waals surface area contributed by atoms with Crippen molar-refractivity contribution in [3.63, 3.8) is 0 Å². The molecule has 0 aliphatic heterocycles. The Balaban J connectivity index is 2.15. The van der Waals surface area contributed by atoms with Crippen molar-refractivity contribution in [3.05, 3.63) is 10.5 Å². The first-order valence-electron chi connectivity index (χ1n) is 6.05. The van der Waals surface area contributed by atoms with Gasteiger partial charge in [-0.05, 0) is 30.2 Å². The lowest BCUT2D eigenvalue weighted by Gasteiger charge is -2.32. The first-order valence-corrected chi connectivity index (χ1v) is 6.05. The first-order chi connectivity index (χ1) is 8.24. The number of H-pyrrole nitrogens is 1. The fraction of sp³-hybridized carbons (Fsp3) is 0.800. The Bertz CT molecular complexity index is 432. The Morgan fingerprint density at radius 3 is 2.71 bits per heavy atom. The molecule has 1 aliphatic carbocycles. The normalized spacial score (nSPS) is 17.0. The van der Waals surface area contributed by atoms with E-state index in [9.17, 15) is 9.59 Å². The molecule has 7 heteroatoms. The number of amides is 1. The zero-order chi connectivity index (χ0) is 12.3. The van der Waals surface area contributed by atoms with Gasteiger partial charge in [0, 0.05) is 12.6 Å². The number of carbonyl (C=O) groups excluding carboxylic acids is 1. The molecule has 0 bridgehead atoms. The van der Waals surface area contributed by atoms with E-state index < -0.39 is 5.69 Å². The molecule has 0 aromatic carbocycles. The Kier molecular flexibility index (Phi) is 3.55. The summed E-state index contributed by atoms with van der Waals surface area (Å²) in [6.45, 7) is 2.50. The fourth-order valence-electron chi connectivity index (χ4n) is 2.39. The summed E-state index contributed by atoms with van der Waals surface area (Å²) in [5.41, 5.74) is -0.579. The lowest BCUT2D eigenvalue weighted by molar-refractivity contribution is 0.157. The molecule has 94 valence electrons. The highest BCUT2D eigenvalue weighted by Crippen LogP contribution is 2.22. The van der Waals surface area contributed by atoms with Gasteiger partial charge in [-0.2, -0.15) is 0 Å². The fourth-order valence-corrected chi connectivity index (χ4v) is 2.39. The molecule has 0 saturated heterocycles. The van der Waals surface area contributed by atoms with E-state index in [1.807, 2.05) is 6.92 Å². The molecule has 1 saturated carbocycles. The van der Waals surface area contributed by atoms with Crippen LogP contribution in [-0.4, -0.2) is 43.7 Å². The minimum atomic E-state index is -0.579. The molecule has 0 unspecified atom stereocenters. The van der Waals surface area contributed by atoms with Gasteiger partial charge in [-0.3, -0.25) is 0 Å². The number of nitrogens with zero attached hydrogens (tertiary/aromatic N) is 4. The second kappa shape index (κ2) is 5.11. The van der Waals surface area contributed by atoms with Crippen molar-refractivity contribution in [1.82, 2.24) is 25.1 Å². The number of carbonyl (C=O) groups is 1. The highest BCUT2D eigenvalue weighted by atomic mass is 16.2. The van der Waals surface area contributed by atoms with Crippen LogP contribution in [0.4, 0.5) is 4.79 Å². The Morgan fingerprint density at radius 2 is 2.18 bits per heavy atom. The molecular formula is C10H17N5O2. The van der Waals surface area contributed by atoms with E-state index in [2.05, 4.69) is 15.5 Å². The zero-order valence-electron chi connectivity index (χ0n) is 9.93. The molecular weight excluding hydrogens is 222 g/mol. The van der Waals surface area contributed by atoms with Crippen molar-refractivity contribution in [3.8, 4) is 0 Å². The van der Waals surface area contributed by atoms with Gasteiger partial charge >= 0.3 is 11.7 Å². The molecule has 1 aliphatic rings.